The smallest absolute Gasteiger partial charge is 0.216 e. The molecule has 0 aromatic heterocycles. The van der Waals surface area contributed by atoms with E-state index >= 15 is 0 Å². The van der Waals surface area contributed by atoms with Crippen LogP contribution in [0.1, 0.15) is 54.9 Å². The predicted octanol–water partition coefficient (Wildman–Crippen LogP) is 6.69. The van der Waals surface area contributed by atoms with Crippen LogP contribution in [0.15, 0.2) is 60.7 Å². The number of ether oxygens (including phenoxy) is 2. The van der Waals surface area contributed by atoms with Gasteiger partial charge in [-0.25, -0.2) is 4.39 Å². The largest absolute Gasteiger partial charge is 0.490 e. The average Bonchev–Trinajstić information content (AvgIpc) is 2.85. The minimum atomic E-state index is -0.271. The number of carbonyl (C=O) groups is 1. The van der Waals surface area contributed by atoms with E-state index in [9.17, 15) is 9.18 Å². The van der Waals surface area contributed by atoms with Crippen LogP contribution in [0.3, 0.4) is 0 Å². The molecule has 1 aliphatic rings. The molecule has 0 bridgehead atoms. The Kier molecular flexibility index (Phi) is 8.76. The number of amides is 1. The van der Waals surface area contributed by atoms with Crippen molar-refractivity contribution in [1.29, 1.82) is 0 Å². The average molecular weight is 490 g/mol. The van der Waals surface area contributed by atoms with Crippen molar-refractivity contribution in [2.45, 2.75) is 71.7 Å². The first kappa shape index (κ1) is 25.9. The first-order valence-electron chi connectivity index (χ1n) is 12.9. The lowest BCUT2D eigenvalue weighted by Crippen LogP contribution is -2.28. The molecule has 0 aliphatic heterocycles. The molecule has 1 amide bonds. The van der Waals surface area contributed by atoms with E-state index in [1.807, 2.05) is 19.1 Å². The Morgan fingerprint density at radius 3 is 2.39 bits per heavy atom. The second-order valence-electron chi connectivity index (χ2n) is 9.77. The molecule has 4 rings (SSSR count). The van der Waals surface area contributed by atoms with Crippen LogP contribution in [-0.4, -0.2) is 24.7 Å². The summed E-state index contributed by atoms with van der Waals surface area (Å²) < 4.78 is 26.7. The van der Waals surface area contributed by atoms with Crippen LogP contribution < -0.4 is 10.1 Å². The summed E-state index contributed by atoms with van der Waals surface area (Å²) in [4.78, 5) is 11.3. The number of halogens is 1. The Morgan fingerprint density at radius 2 is 1.67 bits per heavy atom. The van der Waals surface area contributed by atoms with E-state index in [0.717, 1.165) is 53.7 Å². The van der Waals surface area contributed by atoms with Gasteiger partial charge in [0.15, 0.2) is 0 Å². The lowest BCUT2D eigenvalue weighted by atomic mass is 9.93. The second kappa shape index (κ2) is 12.2. The highest BCUT2D eigenvalue weighted by Crippen LogP contribution is 2.34. The molecule has 0 heterocycles. The third-order valence-corrected chi connectivity index (χ3v) is 6.96. The van der Waals surface area contributed by atoms with Crippen LogP contribution in [0.4, 0.5) is 4.39 Å². The fourth-order valence-electron chi connectivity index (χ4n) is 4.86. The summed E-state index contributed by atoms with van der Waals surface area (Å²) in [6.07, 6.45) is 4.88. The first-order chi connectivity index (χ1) is 17.4. The molecule has 0 radical (unpaired) electrons. The van der Waals surface area contributed by atoms with Gasteiger partial charge in [-0.1, -0.05) is 42.5 Å². The maximum atomic E-state index is 14.0. The predicted molar refractivity (Wildman–Crippen MR) is 142 cm³/mol. The molecule has 3 aromatic rings. The molecule has 0 spiro atoms. The molecular weight excluding hydrogens is 453 g/mol. The van der Waals surface area contributed by atoms with Crippen molar-refractivity contribution in [3.8, 4) is 16.9 Å². The summed E-state index contributed by atoms with van der Waals surface area (Å²) in [7, 11) is 0. The topological polar surface area (TPSA) is 47.6 Å². The minimum absolute atomic E-state index is 0.0579. The maximum absolute atomic E-state index is 14.0. The molecule has 0 atom stereocenters. The summed E-state index contributed by atoms with van der Waals surface area (Å²) in [5.41, 5.74) is 6.37. The van der Waals surface area contributed by atoms with Crippen molar-refractivity contribution in [2.75, 3.05) is 6.54 Å². The van der Waals surface area contributed by atoms with Crippen molar-refractivity contribution >= 4 is 5.91 Å². The van der Waals surface area contributed by atoms with Gasteiger partial charge in [-0.3, -0.25) is 4.79 Å². The molecule has 1 aliphatic carbocycles. The summed E-state index contributed by atoms with van der Waals surface area (Å²) in [5, 5.41) is 2.86. The molecule has 4 nitrogen and oxygen atoms in total. The second-order valence-corrected chi connectivity index (χ2v) is 9.77. The van der Waals surface area contributed by atoms with E-state index in [-0.39, 0.29) is 23.9 Å². The monoisotopic (exact) mass is 489 g/mol. The fraction of sp³-hybridized carbons (Fsp3) is 0.387. The summed E-state index contributed by atoms with van der Waals surface area (Å²) >= 11 is 0. The fourth-order valence-corrected chi connectivity index (χ4v) is 4.86. The lowest BCUT2D eigenvalue weighted by molar-refractivity contribution is -0.118. The van der Waals surface area contributed by atoms with Crippen molar-refractivity contribution in [3.05, 3.63) is 88.7 Å². The van der Waals surface area contributed by atoms with Gasteiger partial charge in [0.25, 0.3) is 0 Å². The third kappa shape index (κ3) is 6.94. The highest BCUT2D eigenvalue weighted by atomic mass is 19.1. The van der Waals surface area contributed by atoms with Crippen molar-refractivity contribution in [3.63, 3.8) is 0 Å². The van der Waals surface area contributed by atoms with Gasteiger partial charge in [0.2, 0.25) is 5.91 Å². The Labute approximate surface area is 213 Å². The van der Waals surface area contributed by atoms with Gasteiger partial charge in [-0.2, -0.15) is 0 Å². The lowest BCUT2D eigenvalue weighted by Gasteiger charge is -2.30. The van der Waals surface area contributed by atoms with E-state index in [1.165, 1.54) is 24.1 Å². The zero-order valence-corrected chi connectivity index (χ0v) is 21.5. The van der Waals surface area contributed by atoms with Gasteiger partial charge in [0, 0.05) is 13.5 Å². The number of benzene rings is 3. The van der Waals surface area contributed by atoms with Gasteiger partial charge in [-0.05, 0) is 97.5 Å². The number of rotatable bonds is 9. The first-order valence-corrected chi connectivity index (χ1v) is 12.9. The van der Waals surface area contributed by atoms with Crippen molar-refractivity contribution < 1.29 is 18.7 Å². The van der Waals surface area contributed by atoms with E-state index < -0.39 is 0 Å². The van der Waals surface area contributed by atoms with E-state index in [0.29, 0.717) is 19.6 Å². The van der Waals surface area contributed by atoms with Gasteiger partial charge in [0.05, 0.1) is 18.8 Å². The number of nitrogens with one attached hydrogen (secondary N) is 1. The molecule has 3 aromatic carbocycles. The summed E-state index contributed by atoms with van der Waals surface area (Å²) in [6, 6.07) is 19.1. The Hall–Kier alpha value is -3.18. The number of hydrogen-bond donors (Lipinski definition) is 1. The molecule has 1 saturated carbocycles. The van der Waals surface area contributed by atoms with Crippen molar-refractivity contribution in [2.24, 2.45) is 0 Å². The van der Waals surface area contributed by atoms with Gasteiger partial charge in [0.1, 0.15) is 11.6 Å². The highest BCUT2D eigenvalue weighted by Gasteiger charge is 2.24. The molecule has 0 unspecified atom stereocenters. The third-order valence-electron chi connectivity index (χ3n) is 6.96. The number of carbonyl (C=O) groups excluding carboxylic acids is 1. The van der Waals surface area contributed by atoms with Crippen LogP contribution in [-0.2, 0) is 22.6 Å². The zero-order valence-electron chi connectivity index (χ0n) is 21.5. The Bertz CT molecular complexity index is 1180. The van der Waals surface area contributed by atoms with Gasteiger partial charge in [-0.15, -0.1) is 0 Å². The van der Waals surface area contributed by atoms with Crippen LogP contribution in [0.2, 0.25) is 0 Å². The normalized spacial score (nSPS) is 17.6. The number of hydrogen-bond acceptors (Lipinski definition) is 3. The van der Waals surface area contributed by atoms with Crippen LogP contribution in [0, 0.1) is 19.7 Å². The quantitative estimate of drug-likeness (QED) is 0.364. The zero-order chi connectivity index (χ0) is 25.5. The van der Waals surface area contributed by atoms with Crippen LogP contribution in [0.5, 0.6) is 5.75 Å². The molecule has 36 heavy (non-hydrogen) atoms. The Balaban J connectivity index is 1.42. The highest BCUT2D eigenvalue weighted by molar-refractivity contribution is 5.73. The molecule has 5 heteroatoms. The van der Waals surface area contributed by atoms with E-state index in [1.54, 1.807) is 12.1 Å². The molecule has 0 saturated heterocycles. The van der Waals surface area contributed by atoms with E-state index in [2.05, 4.69) is 42.6 Å². The molecule has 190 valence electrons. The molecule has 1 N–H and O–H groups in total. The van der Waals surface area contributed by atoms with E-state index in [4.69, 9.17) is 9.47 Å². The standard InChI is InChI=1S/C31H36FNO3/c1-21-7-4-5-8-26(21)20-35-28-11-13-29(14-12-28)36-31-19-30(24-9-6-10-27(32)18-24)25(17-22(31)2)15-16-33-23(3)34/h4-10,17-19,28-29H,11-16,20H2,1-3H3,(H,33,34). The molecule has 1 fully saturated rings. The van der Waals surface area contributed by atoms with Crippen LogP contribution in [0.25, 0.3) is 11.1 Å². The maximum Gasteiger partial charge on any atom is 0.216 e. The summed E-state index contributed by atoms with van der Waals surface area (Å²) in [6.45, 7) is 6.86. The van der Waals surface area contributed by atoms with Crippen molar-refractivity contribution in [1.82, 2.24) is 5.32 Å². The molecular formula is C31H36FNO3. The van der Waals surface area contributed by atoms with Crippen LogP contribution >= 0.6 is 0 Å². The minimum Gasteiger partial charge on any atom is -0.490 e. The van der Waals surface area contributed by atoms with Gasteiger partial charge >= 0.3 is 0 Å². The number of aryl methyl sites for hydroxylation is 2. The SMILES string of the molecule is CC(=O)NCCc1cc(C)c(OC2CCC(OCc3ccccc3C)CC2)cc1-c1cccc(F)c1. The van der Waals surface area contributed by atoms with Gasteiger partial charge < -0.3 is 14.8 Å². The Morgan fingerprint density at radius 1 is 0.917 bits per heavy atom. The summed E-state index contributed by atoms with van der Waals surface area (Å²) in [5.74, 6) is 0.506.